The van der Waals surface area contributed by atoms with Crippen LogP contribution in [0.2, 0.25) is 30.7 Å². The number of pyridine rings is 1. The van der Waals surface area contributed by atoms with Crippen LogP contribution in [0, 0.1) is 11.8 Å². The Morgan fingerprint density at radius 3 is 2.67 bits per heavy atom. The largest absolute Gasteiger partial charge is 0.470 e. The molecule has 2 saturated heterocycles. The van der Waals surface area contributed by atoms with E-state index >= 15 is 0 Å². The molecule has 36 heavy (non-hydrogen) atoms. The summed E-state index contributed by atoms with van der Waals surface area (Å²) < 4.78 is 25.9. The van der Waals surface area contributed by atoms with Crippen molar-refractivity contribution in [3.8, 4) is 17.7 Å². The van der Waals surface area contributed by atoms with Crippen LogP contribution in [0.3, 0.4) is 0 Å². The number of hydrogen-bond donors (Lipinski definition) is 1. The highest BCUT2D eigenvalue weighted by Crippen LogP contribution is 2.33. The fourth-order valence-corrected chi connectivity index (χ4v) is 5.28. The summed E-state index contributed by atoms with van der Waals surface area (Å²) in [6.45, 7) is 8.54. The Hall–Kier alpha value is -2.38. The standard InChI is InChI=1S/C27H31ClN2O5Si/c1-36(2,3)12-11-32-17-30-22-13-19(28)20(10-9-18-7-5-4-6-8-18)29-21(22)14-25(30)35-24-16-34-26-23(31)15-33-27(24)26/h4-8,13-14,23-24,26-27,31H,11-12,15-17H2,1-3H3/t23-,24-,26-,27-/m1/s1. The van der Waals surface area contributed by atoms with E-state index in [1.165, 1.54) is 0 Å². The molecule has 0 spiro atoms. The second-order valence-corrected chi connectivity index (χ2v) is 16.4. The summed E-state index contributed by atoms with van der Waals surface area (Å²) in [5.74, 6) is 6.80. The van der Waals surface area contributed by atoms with Gasteiger partial charge in [-0.1, -0.05) is 55.4 Å². The average molecular weight is 527 g/mol. The molecule has 9 heteroatoms. The van der Waals surface area contributed by atoms with Crippen LogP contribution in [-0.4, -0.2) is 67.0 Å². The molecule has 4 atom stereocenters. The first kappa shape index (κ1) is 25.3. The van der Waals surface area contributed by atoms with E-state index in [1.54, 1.807) is 0 Å². The Morgan fingerprint density at radius 2 is 1.89 bits per heavy atom. The Bertz CT molecular complexity index is 1280. The maximum Gasteiger partial charge on any atom is 0.198 e. The summed E-state index contributed by atoms with van der Waals surface area (Å²) in [5.41, 5.74) is 2.91. The molecule has 0 aliphatic carbocycles. The zero-order valence-corrected chi connectivity index (χ0v) is 22.5. The molecule has 2 aliphatic rings. The predicted molar refractivity (Wildman–Crippen MR) is 141 cm³/mol. The molecule has 3 aromatic rings. The van der Waals surface area contributed by atoms with Gasteiger partial charge in [0.05, 0.1) is 29.3 Å². The summed E-state index contributed by atoms with van der Waals surface area (Å²) >= 11 is 6.61. The maximum absolute atomic E-state index is 10.1. The first-order chi connectivity index (χ1) is 17.3. The van der Waals surface area contributed by atoms with Gasteiger partial charge in [-0.2, -0.15) is 0 Å². The molecular weight excluding hydrogens is 496 g/mol. The highest BCUT2D eigenvalue weighted by molar-refractivity contribution is 6.76. The molecule has 0 bridgehead atoms. The maximum atomic E-state index is 10.1. The Balaban J connectivity index is 1.44. The van der Waals surface area contributed by atoms with Gasteiger partial charge in [-0.25, -0.2) is 4.98 Å². The number of aliphatic hydroxyl groups excluding tert-OH is 1. The Kier molecular flexibility index (Phi) is 7.40. The molecule has 0 saturated carbocycles. The van der Waals surface area contributed by atoms with Crippen LogP contribution in [0.4, 0.5) is 0 Å². The van der Waals surface area contributed by atoms with Gasteiger partial charge in [0.2, 0.25) is 0 Å². The van der Waals surface area contributed by atoms with Crippen molar-refractivity contribution < 1.29 is 24.1 Å². The van der Waals surface area contributed by atoms with E-state index < -0.39 is 14.2 Å². The number of ether oxygens (including phenoxy) is 4. The summed E-state index contributed by atoms with van der Waals surface area (Å²) in [7, 11) is -1.22. The number of benzene rings is 1. The molecule has 0 amide bonds. The molecule has 1 N–H and O–H groups in total. The van der Waals surface area contributed by atoms with Crippen LogP contribution in [0.15, 0.2) is 42.5 Å². The van der Waals surface area contributed by atoms with E-state index in [-0.39, 0.29) is 24.9 Å². The first-order valence-electron chi connectivity index (χ1n) is 12.2. The van der Waals surface area contributed by atoms with Gasteiger partial charge >= 0.3 is 0 Å². The molecule has 4 heterocycles. The lowest BCUT2D eigenvalue weighted by Gasteiger charge is -2.20. The van der Waals surface area contributed by atoms with Gasteiger partial charge < -0.3 is 24.1 Å². The summed E-state index contributed by atoms with van der Waals surface area (Å²) in [6.07, 6.45) is -1.66. The van der Waals surface area contributed by atoms with E-state index in [0.717, 1.165) is 17.1 Å². The Labute approximate surface area is 217 Å². The normalized spacial score (nSPS) is 23.5. The minimum absolute atomic E-state index is 0.249. The molecule has 7 nitrogen and oxygen atoms in total. The summed E-state index contributed by atoms with van der Waals surface area (Å²) in [5, 5.41) is 10.6. The van der Waals surface area contributed by atoms with E-state index in [2.05, 4.69) is 31.5 Å². The van der Waals surface area contributed by atoms with Gasteiger partial charge in [0, 0.05) is 26.3 Å². The molecule has 0 radical (unpaired) electrons. The average Bonchev–Trinajstić information content (AvgIpc) is 3.51. The summed E-state index contributed by atoms with van der Waals surface area (Å²) in [6, 6.07) is 14.5. The van der Waals surface area contributed by atoms with E-state index in [0.29, 0.717) is 42.1 Å². The zero-order valence-electron chi connectivity index (χ0n) is 20.7. The monoisotopic (exact) mass is 526 g/mol. The minimum atomic E-state index is -1.22. The molecule has 0 unspecified atom stereocenters. The lowest BCUT2D eigenvalue weighted by molar-refractivity contribution is 0.00479. The number of aliphatic hydroxyl groups is 1. The molecule has 2 aliphatic heterocycles. The van der Waals surface area contributed by atoms with Crippen molar-refractivity contribution in [2.75, 3.05) is 19.8 Å². The van der Waals surface area contributed by atoms with Gasteiger partial charge in [-0.15, -0.1) is 0 Å². The number of aromatic nitrogens is 2. The van der Waals surface area contributed by atoms with Crippen molar-refractivity contribution in [1.29, 1.82) is 0 Å². The number of fused-ring (bicyclic) bond motifs is 2. The van der Waals surface area contributed by atoms with E-state index in [4.69, 9.17) is 35.5 Å². The number of rotatable bonds is 7. The molecule has 2 fully saturated rings. The lowest BCUT2D eigenvalue weighted by Crippen LogP contribution is -2.35. The van der Waals surface area contributed by atoms with Gasteiger partial charge in [0.1, 0.15) is 30.7 Å². The van der Waals surface area contributed by atoms with Crippen LogP contribution in [0.25, 0.3) is 11.0 Å². The van der Waals surface area contributed by atoms with Crippen LogP contribution in [-0.2, 0) is 20.9 Å². The third-order valence-electron chi connectivity index (χ3n) is 6.37. The van der Waals surface area contributed by atoms with Crippen LogP contribution >= 0.6 is 11.6 Å². The second-order valence-electron chi connectivity index (χ2n) is 10.4. The van der Waals surface area contributed by atoms with Crippen molar-refractivity contribution >= 4 is 30.7 Å². The Morgan fingerprint density at radius 1 is 1.11 bits per heavy atom. The third kappa shape index (κ3) is 5.62. The van der Waals surface area contributed by atoms with Crippen LogP contribution in [0.1, 0.15) is 11.3 Å². The fraction of sp³-hybridized carbons (Fsp3) is 0.444. The summed E-state index contributed by atoms with van der Waals surface area (Å²) in [4.78, 5) is 4.73. The number of hydrogen-bond acceptors (Lipinski definition) is 6. The molecule has 5 rings (SSSR count). The smallest absolute Gasteiger partial charge is 0.198 e. The van der Waals surface area contributed by atoms with Gasteiger partial charge in [0.25, 0.3) is 0 Å². The number of halogens is 1. The lowest BCUT2D eigenvalue weighted by atomic mass is 10.1. The SMILES string of the molecule is C[Si](C)(C)CCOCn1c(O[C@@H]2CO[C@H]3[C@@H]2OC[C@H]3O)cc2nc(C#Cc3ccccc3)c(Cl)cc21. The molecule has 1 aromatic carbocycles. The van der Waals surface area contributed by atoms with Gasteiger partial charge in [-0.05, 0) is 30.2 Å². The highest BCUT2D eigenvalue weighted by atomic mass is 35.5. The topological polar surface area (TPSA) is 75.0 Å². The van der Waals surface area contributed by atoms with Crippen molar-refractivity contribution in [3.63, 3.8) is 0 Å². The van der Waals surface area contributed by atoms with Crippen molar-refractivity contribution in [3.05, 3.63) is 58.7 Å². The minimum Gasteiger partial charge on any atom is -0.470 e. The highest BCUT2D eigenvalue weighted by Gasteiger charge is 2.48. The first-order valence-corrected chi connectivity index (χ1v) is 16.3. The van der Waals surface area contributed by atoms with E-state index in [9.17, 15) is 5.11 Å². The zero-order chi connectivity index (χ0) is 25.3. The van der Waals surface area contributed by atoms with Crippen molar-refractivity contribution in [1.82, 2.24) is 9.55 Å². The molecular formula is C27H31ClN2O5Si. The quantitative estimate of drug-likeness (QED) is 0.281. The molecule has 2 aromatic heterocycles. The van der Waals surface area contributed by atoms with E-state index in [1.807, 2.05) is 47.0 Å². The predicted octanol–water partition coefficient (Wildman–Crippen LogP) is 4.31. The van der Waals surface area contributed by atoms with Crippen LogP contribution in [0.5, 0.6) is 5.88 Å². The molecule has 190 valence electrons. The second kappa shape index (κ2) is 10.5. The van der Waals surface area contributed by atoms with Crippen molar-refractivity contribution in [2.45, 2.75) is 56.8 Å². The third-order valence-corrected chi connectivity index (χ3v) is 8.36. The van der Waals surface area contributed by atoms with Crippen LogP contribution < -0.4 is 4.74 Å². The van der Waals surface area contributed by atoms with Gasteiger partial charge in [0.15, 0.2) is 12.0 Å². The number of nitrogens with zero attached hydrogens (tertiary/aromatic N) is 2. The fourth-order valence-electron chi connectivity index (χ4n) is 4.34. The van der Waals surface area contributed by atoms with Gasteiger partial charge in [-0.3, -0.25) is 4.57 Å². The van der Waals surface area contributed by atoms with Crippen molar-refractivity contribution in [2.24, 2.45) is 0 Å².